The number of rotatable bonds is 15. The van der Waals surface area contributed by atoms with Gasteiger partial charge in [-0.3, -0.25) is 0 Å². The van der Waals surface area contributed by atoms with Gasteiger partial charge in [-0.15, -0.1) is 0 Å². The molecule has 5 nitrogen and oxygen atoms in total. The van der Waals surface area contributed by atoms with Crippen LogP contribution in [0, 0.1) is 0 Å². The van der Waals surface area contributed by atoms with Crippen molar-refractivity contribution in [2.24, 2.45) is 0 Å². The van der Waals surface area contributed by atoms with Crippen LogP contribution in [0.1, 0.15) is 41.0 Å². The first-order valence-electron chi connectivity index (χ1n) is 8.08. The van der Waals surface area contributed by atoms with Gasteiger partial charge < -0.3 is 24.3 Å². The Bertz CT molecular complexity index is 222. The first-order chi connectivity index (χ1) is 9.98. The molecule has 0 aromatic carbocycles. The van der Waals surface area contributed by atoms with Gasteiger partial charge in [0.15, 0.2) is 0 Å². The quantitative estimate of drug-likeness (QED) is 0.470. The highest BCUT2D eigenvalue weighted by molar-refractivity contribution is 4.74. The average Bonchev–Trinajstić information content (AvgIpc) is 2.43. The molecule has 0 aromatic rings. The third kappa shape index (κ3) is 16.0. The molecular formula is C16H35NO4. The molecule has 0 bridgehead atoms. The van der Waals surface area contributed by atoms with Gasteiger partial charge in [-0.2, -0.15) is 0 Å². The van der Waals surface area contributed by atoms with Gasteiger partial charge in [-0.1, -0.05) is 6.92 Å². The molecule has 0 saturated carbocycles. The lowest BCUT2D eigenvalue weighted by atomic mass is 10.0. The van der Waals surface area contributed by atoms with Crippen LogP contribution in [0.5, 0.6) is 0 Å². The summed E-state index contributed by atoms with van der Waals surface area (Å²) in [6.07, 6.45) is 1.37. The first kappa shape index (κ1) is 20.8. The fourth-order valence-electron chi connectivity index (χ4n) is 1.47. The maximum absolute atomic E-state index is 5.50. The minimum absolute atomic E-state index is 0.191. The average molecular weight is 305 g/mol. The Hall–Kier alpha value is -0.200. The van der Waals surface area contributed by atoms with Crippen LogP contribution in [-0.4, -0.2) is 64.4 Å². The van der Waals surface area contributed by atoms with Crippen LogP contribution in [0.4, 0.5) is 0 Å². The zero-order valence-corrected chi connectivity index (χ0v) is 14.6. The molecule has 1 N–H and O–H groups in total. The van der Waals surface area contributed by atoms with E-state index in [0.29, 0.717) is 39.6 Å². The zero-order chi connectivity index (χ0) is 16.0. The van der Waals surface area contributed by atoms with E-state index in [1.807, 2.05) is 13.8 Å². The molecule has 0 fully saturated rings. The Morgan fingerprint density at radius 3 is 1.76 bits per heavy atom. The van der Waals surface area contributed by atoms with Gasteiger partial charge in [0.1, 0.15) is 0 Å². The van der Waals surface area contributed by atoms with E-state index in [9.17, 15) is 0 Å². The molecule has 0 rings (SSSR count). The SMILES string of the molecule is CCC(C)(C)NCCOCCOCCOCCOC(C)C. The molecular weight excluding hydrogens is 270 g/mol. The van der Waals surface area contributed by atoms with E-state index in [1.165, 1.54) is 0 Å². The maximum Gasteiger partial charge on any atom is 0.0703 e. The Labute approximate surface area is 130 Å². The van der Waals surface area contributed by atoms with Crippen LogP contribution in [-0.2, 0) is 18.9 Å². The van der Waals surface area contributed by atoms with Gasteiger partial charge >= 0.3 is 0 Å². The van der Waals surface area contributed by atoms with Crippen LogP contribution >= 0.6 is 0 Å². The fraction of sp³-hybridized carbons (Fsp3) is 1.00. The van der Waals surface area contributed by atoms with Crippen molar-refractivity contribution in [3.05, 3.63) is 0 Å². The molecule has 0 radical (unpaired) electrons. The predicted molar refractivity (Wildman–Crippen MR) is 85.9 cm³/mol. The van der Waals surface area contributed by atoms with Gasteiger partial charge in [-0.05, 0) is 34.1 Å². The van der Waals surface area contributed by atoms with E-state index in [1.54, 1.807) is 0 Å². The zero-order valence-electron chi connectivity index (χ0n) is 14.6. The summed E-state index contributed by atoms with van der Waals surface area (Å²) in [5.41, 5.74) is 0.191. The Balaban J connectivity index is 3.09. The minimum Gasteiger partial charge on any atom is -0.378 e. The summed E-state index contributed by atoms with van der Waals surface area (Å²) in [6, 6.07) is 0. The lowest BCUT2D eigenvalue weighted by Crippen LogP contribution is -2.40. The summed E-state index contributed by atoms with van der Waals surface area (Å²) < 4.78 is 21.7. The van der Waals surface area contributed by atoms with Crippen molar-refractivity contribution in [3.63, 3.8) is 0 Å². The Kier molecular flexibility index (Phi) is 13.3. The molecule has 0 unspecified atom stereocenters. The van der Waals surface area contributed by atoms with E-state index < -0.39 is 0 Å². The van der Waals surface area contributed by atoms with Crippen LogP contribution in [0.25, 0.3) is 0 Å². The van der Waals surface area contributed by atoms with Crippen molar-refractivity contribution in [1.29, 1.82) is 0 Å². The topological polar surface area (TPSA) is 49.0 Å². The molecule has 0 amide bonds. The van der Waals surface area contributed by atoms with Crippen LogP contribution in [0.2, 0.25) is 0 Å². The van der Waals surface area contributed by atoms with E-state index in [2.05, 4.69) is 26.1 Å². The third-order valence-corrected chi connectivity index (χ3v) is 3.16. The number of hydrogen-bond acceptors (Lipinski definition) is 5. The van der Waals surface area contributed by atoms with Gasteiger partial charge in [0.25, 0.3) is 0 Å². The van der Waals surface area contributed by atoms with Crippen LogP contribution in [0.15, 0.2) is 0 Å². The summed E-state index contributed by atoms with van der Waals surface area (Å²) in [7, 11) is 0. The second-order valence-corrected chi connectivity index (χ2v) is 5.92. The van der Waals surface area contributed by atoms with E-state index in [-0.39, 0.29) is 11.6 Å². The Morgan fingerprint density at radius 1 is 0.810 bits per heavy atom. The van der Waals surface area contributed by atoms with Crippen molar-refractivity contribution < 1.29 is 18.9 Å². The lowest BCUT2D eigenvalue weighted by Gasteiger charge is -2.24. The molecule has 21 heavy (non-hydrogen) atoms. The van der Waals surface area contributed by atoms with Crippen molar-refractivity contribution >= 4 is 0 Å². The second kappa shape index (κ2) is 13.5. The van der Waals surface area contributed by atoms with Crippen molar-refractivity contribution in [3.8, 4) is 0 Å². The molecule has 128 valence electrons. The summed E-state index contributed by atoms with van der Waals surface area (Å²) in [4.78, 5) is 0. The fourth-order valence-corrected chi connectivity index (χ4v) is 1.47. The highest BCUT2D eigenvalue weighted by Crippen LogP contribution is 2.05. The molecule has 0 aromatic heterocycles. The standard InChI is InChI=1S/C16H35NO4/c1-6-16(4,5)17-7-8-18-9-10-19-11-12-20-13-14-21-15(2)3/h15,17H,6-14H2,1-5H3. The van der Waals surface area contributed by atoms with Crippen molar-refractivity contribution in [1.82, 2.24) is 5.32 Å². The van der Waals surface area contributed by atoms with Crippen LogP contribution < -0.4 is 5.32 Å². The summed E-state index contributed by atoms with van der Waals surface area (Å²) >= 11 is 0. The van der Waals surface area contributed by atoms with Gasteiger partial charge in [-0.25, -0.2) is 0 Å². The molecule has 0 saturated heterocycles. The lowest BCUT2D eigenvalue weighted by molar-refractivity contribution is -0.0117. The summed E-state index contributed by atoms with van der Waals surface area (Å²) in [5, 5.41) is 3.45. The smallest absolute Gasteiger partial charge is 0.0703 e. The molecule has 0 aliphatic rings. The minimum atomic E-state index is 0.191. The van der Waals surface area contributed by atoms with Crippen molar-refractivity contribution in [2.75, 3.05) is 52.8 Å². The summed E-state index contributed by atoms with van der Waals surface area (Å²) in [5.74, 6) is 0. The third-order valence-electron chi connectivity index (χ3n) is 3.16. The summed E-state index contributed by atoms with van der Waals surface area (Å²) in [6.45, 7) is 15.9. The molecule has 0 aliphatic heterocycles. The largest absolute Gasteiger partial charge is 0.378 e. The van der Waals surface area contributed by atoms with Crippen LogP contribution in [0.3, 0.4) is 0 Å². The van der Waals surface area contributed by atoms with Gasteiger partial charge in [0.2, 0.25) is 0 Å². The maximum atomic E-state index is 5.50. The molecule has 0 spiro atoms. The van der Waals surface area contributed by atoms with Gasteiger partial charge in [0.05, 0.1) is 52.4 Å². The van der Waals surface area contributed by atoms with E-state index in [0.717, 1.165) is 19.6 Å². The number of nitrogens with one attached hydrogen (secondary N) is 1. The van der Waals surface area contributed by atoms with Gasteiger partial charge in [0, 0.05) is 12.1 Å². The molecule has 0 aliphatic carbocycles. The number of ether oxygens (including phenoxy) is 4. The highest BCUT2D eigenvalue weighted by atomic mass is 16.6. The molecule has 5 heteroatoms. The predicted octanol–water partition coefficient (Wildman–Crippen LogP) is 2.24. The van der Waals surface area contributed by atoms with E-state index in [4.69, 9.17) is 18.9 Å². The van der Waals surface area contributed by atoms with E-state index >= 15 is 0 Å². The Morgan fingerprint density at radius 2 is 1.29 bits per heavy atom. The monoisotopic (exact) mass is 305 g/mol. The second-order valence-electron chi connectivity index (χ2n) is 5.92. The highest BCUT2D eigenvalue weighted by Gasteiger charge is 2.12. The normalized spacial score (nSPS) is 12.3. The van der Waals surface area contributed by atoms with Crippen molar-refractivity contribution in [2.45, 2.75) is 52.7 Å². The number of hydrogen-bond donors (Lipinski definition) is 1. The first-order valence-corrected chi connectivity index (χ1v) is 8.08. The molecule has 0 atom stereocenters. The molecule has 0 heterocycles.